The van der Waals surface area contributed by atoms with Crippen molar-refractivity contribution in [3.63, 3.8) is 0 Å². The van der Waals surface area contributed by atoms with Gasteiger partial charge in [0.2, 0.25) is 0 Å². The molecule has 27 heavy (non-hydrogen) atoms. The minimum atomic E-state index is -0.664. The Morgan fingerprint density at radius 2 is 2.19 bits per heavy atom. The van der Waals surface area contributed by atoms with E-state index in [0.717, 1.165) is 28.2 Å². The zero-order valence-electron chi connectivity index (χ0n) is 13.5. The van der Waals surface area contributed by atoms with E-state index in [-0.39, 0.29) is 16.9 Å². The number of nitro benzene ring substituents is 1. The Morgan fingerprint density at radius 1 is 1.37 bits per heavy atom. The summed E-state index contributed by atoms with van der Waals surface area (Å²) in [6.45, 7) is 0. The van der Waals surface area contributed by atoms with Crippen LogP contribution in [0.4, 0.5) is 15.8 Å². The number of halogens is 2. The highest BCUT2D eigenvalue weighted by Gasteiger charge is 2.12. The molecule has 0 unspecified atom stereocenters. The number of hydrogen-bond acceptors (Lipinski definition) is 6. The number of aromatic nitrogens is 1. The first-order valence-corrected chi connectivity index (χ1v) is 9.18. The molecule has 0 saturated carbocycles. The van der Waals surface area contributed by atoms with Crippen molar-refractivity contribution in [1.29, 1.82) is 5.26 Å². The molecular weight excluding hydrogens is 435 g/mol. The topological polar surface area (TPSA) is 91.8 Å². The number of anilines is 1. The summed E-state index contributed by atoms with van der Waals surface area (Å²) in [5, 5.41) is 25.1. The van der Waals surface area contributed by atoms with Gasteiger partial charge in [0, 0.05) is 33.7 Å². The van der Waals surface area contributed by atoms with Crippen molar-refractivity contribution in [2.45, 2.75) is 0 Å². The number of non-ortho nitro benzene ring substituents is 1. The number of nitro groups is 1. The molecule has 1 aromatic heterocycles. The molecule has 3 rings (SSSR count). The molecule has 134 valence electrons. The van der Waals surface area contributed by atoms with Crippen molar-refractivity contribution in [1.82, 2.24) is 4.98 Å². The van der Waals surface area contributed by atoms with E-state index in [9.17, 15) is 19.8 Å². The minimum Gasteiger partial charge on any atom is -0.358 e. The van der Waals surface area contributed by atoms with Crippen LogP contribution < -0.4 is 5.32 Å². The molecule has 1 heterocycles. The second kappa shape index (κ2) is 8.07. The molecule has 0 saturated heterocycles. The van der Waals surface area contributed by atoms with Crippen LogP contribution in [-0.2, 0) is 0 Å². The van der Waals surface area contributed by atoms with Gasteiger partial charge in [0.15, 0.2) is 0 Å². The van der Waals surface area contributed by atoms with E-state index < -0.39 is 10.7 Å². The van der Waals surface area contributed by atoms with Crippen molar-refractivity contribution >= 4 is 44.2 Å². The first-order chi connectivity index (χ1) is 13.0. The Balaban J connectivity index is 1.87. The molecule has 6 nitrogen and oxygen atoms in total. The maximum atomic E-state index is 13.8. The summed E-state index contributed by atoms with van der Waals surface area (Å²) >= 11 is 4.67. The van der Waals surface area contributed by atoms with E-state index in [1.165, 1.54) is 17.5 Å². The molecule has 0 spiro atoms. The molecule has 1 N–H and O–H groups in total. The van der Waals surface area contributed by atoms with Crippen LogP contribution in [0.25, 0.3) is 16.8 Å². The van der Waals surface area contributed by atoms with Crippen molar-refractivity contribution < 1.29 is 9.31 Å². The van der Waals surface area contributed by atoms with E-state index in [0.29, 0.717) is 10.7 Å². The van der Waals surface area contributed by atoms with E-state index in [2.05, 4.69) is 26.2 Å². The van der Waals surface area contributed by atoms with Crippen molar-refractivity contribution in [2.24, 2.45) is 0 Å². The van der Waals surface area contributed by atoms with E-state index >= 15 is 0 Å². The summed E-state index contributed by atoms with van der Waals surface area (Å²) in [5.41, 5.74) is 1.44. The Hall–Kier alpha value is -3.09. The highest BCUT2D eigenvalue weighted by Crippen LogP contribution is 2.28. The zero-order chi connectivity index (χ0) is 19.4. The Labute approximate surface area is 165 Å². The average Bonchev–Trinajstić information content (AvgIpc) is 3.13. The maximum absolute atomic E-state index is 13.8. The molecule has 0 aliphatic heterocycles. The van der Waals surface area contributed by atoms with Crippen LogP contribution in [-0.4, -0.2) is 9.91 Å². The summed E-state index contributed by atoms with van der Waals surface area (Å²) < 4.78 is 14.7. The van der Waals surface area contributed by atoms with Gasteiger partial charge in [0.25, 0.3) is 5.69 Å². The van der Waals surface area contributed by atoms with Crippen LogP contribution in [0, 0.1) is 27.3 Å². The molecular formula is C18H10BrFN4O2S. The van der Waals surface area contributed by atoms with Gasteiger partial charge in [-0.25, -0.2) is 9.37 Å². The molecule has 9 heteroatoms. The van der Waals surface area contributed by atoms with Crippen molar-refractivity contribution in [3.8, 4) is 17.3 Å². The number of nitriles is 1. The van der Waals surface area contributed by atoms with Gasteiger partial charge in [0.1, 0.15) is 22.5 Å². The number of nitrogens with one attached hydrogen (secondary N) is 1. The van der Waals surface area contributed by atoms with Gasteiger partial charge in [-0.3, -0.25) is 10.1 Å². The predicted octanol–water partition coefficient (Wildman–Crippen LogP) is 5.60. The number of hydrogen-bond donors (Lipinski definition) is 1. The lowest BCUT2D eigenvalue weighted by atomic mass is 10.2. The normalized spacial score (nSPS) is 11.1. The Morgan fingerprint density at radius 3 is 2.89 bits per heavy atom. The predicted molar refractivity (Wildman–Crippen MR) is 106 cm³/mol. The van der Waals surface area contributed by atoms with Gasteiger partial charge in [-0.1, -0.05) is 28.1 Å². The van der Waals surface area contributed by atoms with Crippen molar-refractivity contribution in [3.05, 3.63) is 79.5 Å². The molecule has 0 bridgehead atoms. The van der Waals surface area contributed by atoms with Gasteiger partial charge < -0.3 is 5.32 Å². The van der Waals surface area contributed by atoms with Crippen LogP contribution >= 0.6 is 27.3 Å². The zero-order valence-corrected chi connectivity index (χ0v) is 15.9. The van der Waals surface area contributed by atoms with Crippen LogP contribution in [0.5, 0.6) is 0 Å². The standard InChI is InChI=1S/C18H10BrFN4O2S/c19-13-3-1-2-11(6-13)17-10-27-18(23-17)12(8-21)9-22-16-7-14(24(25)26)4-5-15(16)20/h1-7,9-10,22H/b12-9-. The molecule has 3 aromatic rings. The highest BCUT2D eigenvalue weighted by molar-refractivity contribution is 9.10. The molecule has 0 atom stereocenters. The van der Waals surface area contributed by atoms with Crippen LogP contribution in [0.2, 0.25) is 0 Å². The van der Waals surface area contributed by atoms with E-state index in [1.807, 2.05) is 35.7 Å². The third-order valence-electron chi connectivity index (χ3n) is 3.51. The number of rotatable bonds is 5. The third-order valence-corrected chi connectivity index (χ3v) is 4.88. The van der Waals surface area contributed by atoms with Gasteiger partial charge in [0.05, 0.1) is 16.3 Å². The van der Waals surface area contributed by atoms with E-state index in [1.54, 1.807) is 0 Å². The van der Waals surface area contributed by atoms with Crippen LogP contribution in [0.1, 0.15) is 5.01 Å². The summed E-state index contributed by atoms with van der Waals surface area (Å²) in [7, 11) is 0. The van der Waals surface area contributed by atoms with Gasteiger partial charge in [-0.05, 0) is 18.2 Å². The van der Waals surface area contributed by atoms with Gasteiger partial charge in [-0.2, -0.15) is 5.26 Å². The fourth-order valence-electron chi connectivity index (χ4n) is 2.21. The number of nitrogens with zero attached hydrogens (tertiary/aromatic N) is 3. The lowest BCUT2D eigenvalue weighted by Gasteiger charge is -2.03. The second-order valence-electron chi connectivity index (χ2n) is 5.28. The summed E-state index contributed by atoms with van der Waals surface area (Å²) in [4.78, 5) is 14.6. The Kier molecular flexibility index (Phi) is 5.59. The molecule has 0 fully saturated rings. The summed E-state index contributed by atoms with van der Waals surface area (Å²) in [6.07, 6.45) is 1.28. The van der Waals surface area contributed by atoms with Gasteiger partial charge >= 0.3 is 0 Å². The first-order valence-electron chi connectivity index (χ1n) is 7.50. The lowest BCUT2D eigenvalue weighted by Crippen LogP contribution is -1.96. The smallest absolute Gasteiger partial charge is 0.271 e. The second-order valence-corrected chi connectivity index (χ2v) is 7.06. The maximum Gasteiger partial charge on any atom is 0.271 e. The molecule has 0 amide bonds. The highest BCUT2D eigenvalue weighted by atomic mass is 79.9. The number of thiazole rings is 1. The fraction of sp³-hybridized carbons (Fsp3) is 0. The average molecular weight is 445 g/mol. The van der Waals surface area contributed by atoms with E-state index in [4.69, 9.17) is 0 Å². The molecule has 0 aliphatic carbocycles. The summed E-state index contributed by atoms with van der Waals surface area (Å²) in [6, 6.07) is 12.7. The SMILES string of the molecule is N#C/C(=C/Nc1cc([N+](=O)[O-])ccc1F)c1nc(-c2cccc(Br)c2)cs1. The lowest BCUT2D eigenvalue weighted by molar-refractivity contribution is -0.384. The van der Waals surface area contributed by atoms with Crippen LogP contribution in [0.3, 0.4) is 0 Å². The van der Waals surface area contributed by atoms with Crippen molar-refractivity contribution in [2.75, 3.05) is 5.32 Å². The fourth-order valence-corrected chi connectivity index (χ4v) is 3.40. The van der Waals surface area contributed by atoms with Gasteiger partial charge in [-0.15, -0.1) is 11.3 Å². The Bertz CT molecular complexity index is 1090. The monoisotopic (exact) mass is 444 g/mol. The molecule has 2 aromatic carbocycles. The molecule has 0 aliphatic rings. The number of benzene rings is 2. The first kappa shape index (κ1) is 18.7. The van der Waals surface area contributed by atoms with Crippen LogP contribution in [0.15, 0.2) is 58.5 Å². The minimum absolute atomic E-state index is 0.0966. The molecule has 0 radical (unpaired) electrons. The number of allylic oxidation sites excluding steroid dienone is 1. The third kappa shape index (κ3) is 4.36. The largest absolute Gasteiger partial charge is 0.358 e. The quantitative estimate of drug-likeness (QED) is 0.314. The summed E-state index contributed by atoms with van der Waals surface area (Å²) in [5.74, 6) is -0.664.